The van der Waals surface area contributed by atoms with Crippen molar-refractivity contribution < 1.29 is 13.2 Å². The van der Waals surface area contributed by atoms with E-state index in [0.717, 1.165) is 19.4 Å². The van der Waals surface area contributed by atoms with Gasteiger partial charge in [-0.25, -0.2) is 8.42 Å². The Kier molecular flexibility index (Phi) is 5.40. The van der Waals surface area contributed by atoms with Gasteiger partial charge in [-0.2, -0.15) is 4.31 Å². The first-order chi connectivity index (χ1) is 9.53. The van der Waals surface area contributed by atoms with Gasteiger partial charge in [0.15, 0.2) is 0 Å². The molecule has 7 heteroatoms. The summed E-state index contributed by atoms with van der Waals surface area (Å²) in [7, 11) is -3.12. The van der Waals surface area contributed by atoms with Crippen molar-refractivity contribution in [2.75, 3.05) is 38.5 Å². The lowest BCUT2D eigenvalue weighted by molar-refractivity contribution is -0.132. The van der Waals surface area contributed by atoms with Gasteiger partial charge in [0, 0.05) is 38.6 Å². The first-order valence-corrected chi connectivity index (χ1v) is 9.13. The van der Waals surface area contributed by atoms with Crippen LogP contribution in [0.1, 0.15) is 32.6 Å². The van der Waals surface area contributed by atoms with Gasteiger partial charge in [0.2, 0.25) is 15.9 Å². The van der Waals surface area contributed by atoms with E-state index in [9.17, 15) is 13.2 Å². The summed E-state index contributed by atoms with van der Waals surface area (Å²) in [5.74, 6) is 0.351. The highest BCUT2D eigenvalue weighted by molar-refractivity contribution is 7.89. The summed E-state index contributed by atoms with van der Waals surface area (Å²) >= 11 is 0. The number of piperazine rings is 1. The molecule has 0 bridgehead atoms. The largest absolute Gasteiger partial charge is 0.340 e. The first kappa shape index (κ1) is 15.7. The average molecular weight is 303 g/mol. The second kappa shape index (κ2) is 6.87. The van der Waals surface area contributed by atoms with E-state index in [1.165, 1.54) is 4.31 Å². The van der Waals surface area contributed by atoms with Crippen LogP contribution in [0, 0.1) is 0 Å². The minimum absolute atomic E-state index is 0.150. The van der Waals surface area contributed by atoms with Crippen molar-refractivity contribution in [2.24, 2.45) is 0 Å². The summed E-state index contributed by atoms with van der Waals surface area (Å²) in [6.45, 7) is 4.79. The van der Waals surface area contributed by atoms with Crippen molar-refractivity contribution in [2.45, 2.75) is 38.6 Å². The summed E-state index contributed by atoms with van der Waals surface area (Å²) in [5.41, 5.74) is 0. The smallest absolute Gasteiger partial charge is 0.224 e. The maximum Gasteiger partial charge on any atom is 0.224 e. The Morgan fingerprint density at radius 1 is 1.25 bits per heavy atom. The molecule has 2 rings (SSSR count). The highest BCUT2D eigenvalue weighted by Crippen LogP contribution is 2.13. The molecular formula is C13H25N3O3S. The number of nitrogens with zero attached hydrogens (tertiary/aromatic N) is 2. The van der Waals surface area contributed by atoms with Crippen LogP contribution in [0.15, 0.2) is 0 Å². The minimum Gasteiger partial charge on any atom is -0.340 e. The Labute approximate surface area is 121 Å². The third-order valence-corrected chi connectivity index (χ3v) is 6.11. The van der Waals surface area contributed by atoms with Crippen molar-refractivity contribution >= 4 is 15.9 Å². The van der Waals surface area contributed by atoms with Gasteiger partial charge >= 0.3 is 0 Å². The highest BCUT2D eigenvalue weighted by atomic mass is 32.2. The molecule has 0 spiro atoms. The summed E-state index contributed by atoms with van der Waals surface area (Å²) < 4.78 is 25.4. The Hall–Kier alpha value is -0.660. The van der Waals surface area contributed by atoms with Gasteiger partial charge in [0.1, 0.15) is 0 Å². The zero-order chi connectivity index (χ0) is 14.6. The lowest BCUT2D eigenvalue weighted by Gasteiger charge is -2.34. The van der Waals surface area contributed by atoms with Crippen molar-refractivity contribution in [3.8, 4) is 0 Å². The summed E-state index contributed by atoms with van der Waals surface area (Å²) in [5, 5.41) is 3.32. The van der Waals surface area contributed by atoms with Gasteiger partial charge in [-0.3, -0.25) is 4.79 Å². The maximum atomic E-state index is 12.2. The fraction of sp³-hybridized carbons (Fsp3) is 0.923. The van der Waals surface area contributed by atoms with Crippen molar-refractivity contribution in [3.63, 3.8) is 0 Å². The standard InChI is InChI=1S/C13H25N3O3S/c1-2-10-20(18,19)16-8-6-15(7-9-16)13(17)11-12-4-3-5-14-12/h12,14H,2-11H2,1H3. The number of hydrogen-bond donors (Lipinski definition) is 1. The lowest BCUT2D eigenvalue weighted by atomic mass is 10.1. The lowest BCUT2D eigenvalue weighted by Crippen LogP contribution is -2.51. The van der Waals surface area contributed by atoms with Gasteiger partial charge in [0.25, 0.3) is 0 Å². The highest BCUT2D eigenvalue weighted by Gasteiger charge is 2.29. The minimum atomic E-state index is -3.12. The number of nitrogens with one attached hydrogen (secondary N) is 1. The van der Waals surface area contributed by atoms with E-state index in [1.54, 1.807) is 4.90 Å². The van der Waals surface area contributed by atoms with E-state index in [2.05, 4.69) is 5.32 Å². The van der Waals surface area contributed by atoms with E-state index in [0.29, 0.717) is 45.1 Å². The Morgan fingerprint density at radius 3 is 2.50 bits per heavy atom. The molecule has 1 atom stereocenters. The monoisotopic (exact) mass is 303 g/mol. The zero-order valence-corrected chi connectivity index (χ0v) is 13.0. The molecule has 20 heavy (non-hydrogen) atoms. The fourth-order valence-electron chi connectivity index (χ4n) is 2.87. The Balaban J connectivity index is 1.80. The Morgan fingerprint density at radius 2 is 1.95 bits per heavy atom. The quantitative estimate of drug-likeness (QED) is 0.777. The number of carbonyl (C=O) groups excluding carboxylic acids is 1. The van der Waals surface area contributed by atoms with Crippen LogP contribution in [0.3, 0.4) is 0 Å². The molecule has 0 radical (unpaired) electrons. The van der Waals surface area contributed by atoms with E-state index in [-0.39, 0.29) is 11.7 Å². The van der Waals surface area contributed by atoms with E-state index in [4.69, 9.17) is 0 Å². The third kappa shape index (κ3) is 3.93. The van der Waals surface area contributed by atoms with Gasteiger partial charge in [0.05, 0.1) is 5.75 Å². The average Bonchev–Trinajstić information content (AvgIpc) is 2.91. The molecule has 2 fully saturated rings. The van der Waals surface area contributed by atoms with Gasteiger partial charge < -0.3 is 10.2 Å². The molecule has 6 nitrogen and oxygen atoms in total. The Bertz CT molecular complexity index is 424. The zero-order valence-electron chi connectivity index (χ0n) is 12.2. The van der Waals surface area contributed by atoms with Crippen LogP contribution >= 0.6 is 0 Å². The molecule has 2 heterocycles. The van der Waals surface area contributed by atoms with Crippen molar-refractivity contribution in [1.82, 2.24) is 14.5 Å². The topological polar surface area (TPSA) is 69.7 Å². The molecule has 2 aliphatic rings. The van der Waals surface area contributed by atoms with Gasteiger partial charge in [-0.1, -0.05) is 6.92 Å². The molecule has 0 saturated carbocycles. The third-order valence-electron chi connectivity index (χ3n) is 4.03. The van der Waals surface area contributed by atoms with Crippen LogP contribution in [-0.4, -0.2) is 68.0 Å². The molecule has 116 valence electrons. The molecule has 0 aromatic heterocycles. The normalized spacial score (nSPS) is 25.1. The molecule has 1 N–H and O–H groups in total. The SMILES string of the molecule is CCCS(=O)(=O)N1CCN(C(=O)CC2CCCN2)CC1. The fourth-order valence-corrected chi connectivity index (χ4v) is 4.37. The van der Waals surface area contributed by atoms with E-state index >= 15 is 0 Å². The summed E-state index contributed by atoms with van der Waals surface area (Å²) in [6, 6.07) is 0.310. The predicted molar refractivity (Wildman–Crippen MR) is 77.9 cm³/mol. The second-order valence-corrected chi connectivity index (χ2v) is 7.68. The van der Waals surface area contributed by atoms with Crippen molar-refractivity contribution in [3.05, 3.63) is 0 Å². The predicted octanol–water partition coefficient (Wildman–Crippen LogP) is 0.0125. The summed E-state index contributed by atoms with van der Waals surface area (Å²) in [4.78, 5) is 14.0. The number of amides is 1. The molecule has 0 aromatic carbocycles. The molecular weight excluding hydrogens is 278 g/mol. The van der Waals surface area contributed by atoms with Crippen LogP contribution in [0.4, 0.5) is 0 Å². The van der Waals surface area contributed by atoms with Gasteiger partial charge in [-0.05, 0) is 25.8 Å². The second-order valence-electron chi connectivity index (χ2n) is 5.59. The van der Waals surface area contributed by atoms with Crippen LogP contribution in [0.2, 0.25) is 0 Å². The molecule has 2 saturated heterocycles. The van der Waals surface area contributed by atoms with Gasteiger partial charge in [-0.15, -0.1) is 0 Å². The van der Waals surface area contributed by atoms with E-state index in [1.807, 2.05) is 6.92 Å². The number of hydrogen-bond acceptors (Lipinski definition) is 4. The van der Waals surface area contributed by atoms with Crippen molar-refractivity contribution in [1.29, 1.82) is 0 Å². The van der Waals surface area contributed by atoms with Crippen LogP contribution in [0.25, 0.3) is 0 Å². The molecule has 0 aliphatic carbocycles. The molecule has 1 unspecified atom stereocenters. The number of rotatable bonds is 5. The summed E-state index contributed by atoms with van der Waals surface area (Å²) in [6.07, 6.45) is 3.38. The molecule has 2 aliphatic heterocycles. The van der Waals surface area contributed by atoms with Crippen LogP contribution in [0.5, 0.6) is 0 Å². The van der Waals surface area contributed by atoms with Crippen LogP contribution < -0.4 is 5.32 Å². The van der Waals surface area contributed by atoms with Crippen LogP contribution in [-0.2, 0) is 14.8 Å². The van der Waals surface area contributed by atoms with E-state index < -0.39 is 10.0 Å². The molecule has 0 aromatic rings. The number of carbonyl (C=O) groups is 1. The maximum absolute atomic E-state index is 12.2. The molecule has 1 amide bonds. The number of sulfonamides is 1. The first-order valence-electron chi connectivity index (χ1n) is 7.52.